The maximum absolute atomic E-state index is 13.1. The number of rotatable bonds is 8. The first kappa shape index (κ1) is 31.2. The van der Waals surface area contributed by atoms with Crippen LogP contribution in [0.3, 0.4) is 0 Å². The van der Waals surface area contributed by atoms with E-state index in [1.807, 2.05) is 67.8 Å². The predicted octanol–water partition coefficient (Wildman–Crippen LogP) is 6.10. The highest BCUT2D eigenvalue weighted by Crippen LogP contribution is 2.39. The molecule has 0 fully saturated rings. The lowest BCUT2D eigenvalue weighted by atomic mass is 10.0. The minimum atomic E-state index is -0.842. The third kappa shape index (κ3) is 7.88. The second-order valence-corrected chi connectivity index (χ2v) is 11.6. The van der Waals surface area contributed by atoms with Crippen LogP contribution in [0.1, 0.15) is 40.1 Å². The number of esters is 1. The minimum absolute atomic E-state index is 0.0725. The molecule has 0 aliphatic rings. The number of amides is 3. The molecule has 39 heavy (non-hydrogen) atoms. The van der Waals surface area contributed by atoms with Crippen molar-refractivity contribution in [1.29, 1.82) is 0 Å². The SMILES string of the molecule is CC(=O)Nc1c(I)c(NC(C)=O)c(I)c(C(=O)OCC(=O)Nc2ccc(Cl)cc2C(=O)c2ccccc2)c1I. The first-order chi connectivity index (χ1) is 18.4. The van der Waals surface area contributed by atoms with Crippen LogP contribution in [-0.4, -0.2) is 36.1 Å². The summed E-state index contributed by atoms with van der Waals surface area (Å²) in [5.74, 6) is -2.62. The Balaban J connectivity index is 1.85. The summed E-state index contributed by atoms with van der Waals surface area (Å²) in [5.41, 5.74) is 1.52. The van der Waals surface area contributed by atoms with Gasteiger partial charge in [0.1, 0.15) is 0 Å². The highest BCUT2D eigenvalue weighted by molar-refractivity contribution is 14.1. The van der Waals surface area contributed by atoms with E-state index in [2.05, 4.69) is 16.0 Å². The van der Waals surface area contributed by atoms with Gasteiger partial charge < -0.3 is 20.7 Å². The number of benzene rings is 3. The molecule has 0 heterocycles. The van der Waals surface area contributed by atoms with Crippen molar-refractivity contribution in [2.45, 2.75) is 13.8 Å². The molecule has 0 unspecified atom stereocenters. The molecular weight excluding hydrogens is 866 g/mol. The van der Waals surface area contributed by atoms with Crippen molar-refractivity contribution in [2.24, 2.45) is 0 Å². The number of hydrogen-bond acceptors (Lipinski definition) is 6. The van der Waals surface area contributed by atoms with E-state index in [0.717, 1.165) is 0 Å². The molecule has 9 nitrogen and oxygen atoms in total. The van der Waals surface area contributed by atoms with Gasteiger partial charge in [0.25, 0.3) is 5.91 Å². The van der Waals surface area contributed by atoms with E-state index in [0.29, 0.717) is 32.7 Å². The lowest BCUT2D eigenvalue weighted by Gasteiger charge is -2.19. The van der Waals surface area contributed by atoms with Crippen molar-refractivity contribution < 1.29 is 28.7 Å². The molecule has 0 aliphatic carbocycles. The first-order valence-electron chi connectivity index (χ1n) is 11.0. The monoisotopic (exact) mass is 885 g/mol. The lowest BCUT2D eigenvalue weighted by Crippen LogP contribution is -2.24. The Morgan fingerprint density at radius 2 is 1.36 bits per heavy atom. The number of halogens is 4. The molecular formula is C26H19ClI3N3O6. The van der Waals surface area contributed by atoms with E-state index >= 15 is 0 Å². The molecule has 0 radical (unpaired) electrons. The molecule has 3 aromatic rings. The third-order valence-electron chi connectivity index (χ3n) is 4.99. The number of carbonyl (C=O) groups excluding carboxylic acids is 5. The second-order valence-electron chi connectivity index (χ2n) is 7.94. The Kier molecular flexibility index (Phi) is 11.1. The van der Waals surface area contributed by atoms with Crippen LogP contribution < -0.4 is 16.0 Å². The largest absolute Gasteiger partial charge is 0.452 e. The highest BCUT2D eigenvalue weighted by Gasteiger charge is 2.27. The Hall–Kier alpha value is -2.31. The molecule has 0 bridgehead atoms. The lowest BCUT2D eigenvalue weighted by molar-refractivity contribution is -0.119. The Labute approximate surface area is 269 Å². The van der Waals surface area contributed by atoms with Gasteiger partial charge in [0.15, 0.2) is 12.4 Å². The van der Waals surface area contributed by atoms with Gasteiger partial charge in [-0.3, -0.25) is 19.2 Å². The molecule has 13 heteroatoms. The number of nitrogens with one attached hydrogen (secondary N) is 3. The molecule has 202 valence electrons. The zero-order chi connectivity index (χ0) is 28.9. The fourth-order valence-electron chi connectivity index (χ4n) is 3.36. The van der Waals surface area contributed by atoms with Gasteiger partial charge in [-0.25, -0.2) is 4.79 Å². The van der Waals surface area contributed by atoms with E-state index in [4.69, 9.17) is 16.3 Å². The fourth-order valence-corrected chi connectivity index (χ4v) is 7.68. The molecule has 0 saturated heterocycles. The highest BCUT2D eigenvalue weighted by atomic mass is 127. The van der Waals surface area contributed by atoms with Gasteiger partial charge in [-0.05, 0) is 86.0 Å². The summed E-state index contributed by atoms with van der Waals surface area (Å²) in [7, 11) is 0. The van der Waals surface area contributed by atoms with Crippen LogP contribution in [0.15, 0.2) is 48.5 Å². The van der Waals surface area contributed by atoms with Crippen LogP contribution in [0.5, 0.6) is 0 Å². The zero-order valence-corrected chi connectivity index (χ0v) is 27.5. The average molecular weight is 886 g/mol. The van der Waals surface area contributed by atoms with E-state index in [9.17, 15) is 24.0 Å². The number of ketones is 1. The van der Waals surface area contributed by atoms with Crippen LogP contribution in [0.2, 0.25) is 5.02 Å². The summed E-state index contributed by atoms with van der Waals surface area (Å²) < 4.78 is 6.58. The second kappa shape index (κ2) is 13.8. The van der Waals surface area contributed by atoms with Crippen molar-refractivity contribution in [2.75, 3.05) is 22.6 Å². The van der Waals surface area contributed by atoms with E-state index in [-0.39, 0.29) is 34.4 Å². The molecule has 0 atom stereocenters. The van der Waals surface area contributed by atoms with Crippen molar-refractivity contribution in [3.63, 3.8) is 0 Å². The van der Waals surface area contributed by atoms with E-state index < -0.39 is 18.5 Å². The summed E-state index contributed by atoms with van der Waals surface area (Å²) in [4.78, 5) is 62.4. The van der Waals surface area contributed by atoms with Crippen LogP contribution in [0, 0.1) is 10.7 Å². The van der Waals surface area contributed by atoms with Crippen LogP contribution in [-0.2, 0) is 19.1 Å². The summed E-state index contributed by atoms with van der Waals surface area (Å²) >= 11 is 11.9. The third-order valence-corrected chi connectivity index (χ3v) is 8.47. The van der Waals surface area contributed by atoms with Gasteiger partial charge in [0.2, 0.25) is 11.8 Å². The molecule has 3 rings (SSSR count). The quantitative estimate of drug-likeness (QED) is 0.143. The fraction of sp³-hybridized carbons (Fsp3) is 0.115. The van der Waals surface area contributed by atoms with Crippen molar-refractivity contribution >= 4 is 126 Å². The number of anilines is 3. The molecule has 0 aromatic heterocycles. The van der Waals surface area contributed by atoms with Gasteiger partial charge >= 0.3 is 5.97 Å². The van der Waals surface area contributed by atoms with E-state index in [1.54, 1.807) is 30.3 Å². The predicted molar refractivity (Wildman–Crippen MR) is 173 cm³/mol. The molecule has 3 aromatic carbocycles. The molecule has 0 aliphatic heterocycles. The maximum atomic E-state index is 13.1. The van der Waals surface area contributed by atoms with Gasteiger partial charge in [-0.1, -0.05) is 41.9 Å². The number of ether oxygens (including phenoxy) is 1. The van der Waals surface area contributed by atoms with Gasteiger partial charge in [-0.15, -0.1) is 0 Å². The van der Waals surface area contributed by atoms with Crippen molar-refractivity contribution in [3.8, 4) is 0 Å². The average Bonchev–Trinajstić information content (AvgIpc) is 2.89. The maximum Gasteiger partial charge on any atom is 0.340 e. The van der Waals surface area contributed by atoms with Crippen LogP contribution in [0.4, 0.5) is 17.1 Å². The van der Waals surface area contributed by atoms with Crippen LogP contribution in [0.25, 0.3) is 0 Å². The standard InChI is InChI=1S/C26H19ClI3N3O6/c1-12(34)31-23-20(28)19(21(29)24(22(23)30)32-13(2)35)26(38)39-11-18(36)33-17-9-8-15(27)10-16(17)25(37)14-6-4-3-5-7-14/h3-10H,11H2,1-2H3,(H,31,34)(H,32,35)(H,33,36). The van der Waals surface area contributed by atoms with Crippen LogP contribution >= 0.6 is 79.4 Å². The topological polar surface area (TPSA) is 131 Å². The zero-order valence-electron chi connectivity index (χ0n) is 20.3. The Morgan fingerprint density at radius 1 is 0.795 bits per heavy atom. The van der Waals surface area contributed by atoms with Gasteiger partial charge in [-0.2, -0.15) is 0 Å². The van der Waals surface area contributed by atoms with Crippen molar-refractivity contribution in [3.05, 3.63) is 81.0 Å². The van der Waals surface area contributed by atoms with Crippen molar-refractivity contribution in [1.82, 2.24) is 0 Å². The summed E-state index contributed by atoms with van der Waals surface area (Å²) in [6, 6.07) is 13.0. The molecule has 3 amide bonds. The molecule has 0 saturated carbocycles. The summed E-state index contributed by atoms with van der Waals surface area (Å²) in [5, 5.41) is 8.25. The summed E-state index contributed by atoms with van der Waals surface area (Å²) in [6.07, 6.45) is 0. The molecule has 0 spiro atoms. The summed E-state index contributed by atoms with van der Waals surface area (Å²) in [6.45, 7) is 1.97. The Bertz CT molecular complexity index is 1450. The minimum Gasteiger partial charge on any atom is -0.452 e. The van der Waals surface area contributed by atoms with Gasteiger partial charge in [0.05, 0.1) is 33.3 Å². The van der Waals surface area contributed by atoms with Gasteiger partial charge in [0, 0.05) is 30.0 Å². The normalized spacial score (nSPS) is 10.4. The van der Waals surface area contributed by atoms with E-state index in [1.165, 1.54) is 32.0 Å². The smallest absolute Gasteiger partial charge is 0.340 e. The first-order valence-corrected chi connectivity index (χ1v) is 14.6. The number of hydrogen-bond donors (Lipinski definition) is 3. The number of carbonyl (C=O) groups is 5. The Morgan fingerprint density at radius 3 is 1.90 bits per heavy atom. The molecule has 3 N–H and O–H groups in total.